The molecule has 0 aliphatic heterocycles. The molecule has 3 N–H and O–H groups in total. The van der Waals surface area contributed by atoms with Crippen LogP contribution in [-0.2, 0) is 0 Å². The Hall–Kier alpha value is -1.71. The minimum Gasteiger partial charge on any atom is -0.482 e. The smallest absolute Gasteiger partial charge is 0.180 e. The van der Waals surface area contributed by atoms with E-state index in [-0.39, 0.29) is 5.84 Å². The van der Waals surface area contributed by atoms with Crippen molar-refractivity contribution >= 4 is 5.84 Å². The highest BCUT2D eigenvalue weighted by atomic mass is 16.5. The van der Waals surface area contributed by atoms with Crippen molar-refractivity contribution in [3.8, 4) is 5.75 Å². The van der Waals surface area contributed by atoms with Gasteiger partial charge in [-0.25, -0.2) is 0 Å². The van der Waals surface area contributed by atoms with Crippen molar-refractivity contribution in [3.05, 3.63) is 29.8 Å². The van der Waals surface area contributed by atoms with E-state index in [0.29, 0.717) is 5.92 Å². The van der Waals surface area contributed by atoms with E-state index in [1.54, 1.807) is 6.92 Å². The van der Waals surface area contributed by atoms with Gasteiger partial charge in [-0.3, -0.25) is 0 Å². The lowest BCUT2D eigenvalue weighted by Crippen LogP contribution is -2.31. The molecule has 1 aliphatic rings. The number of para-hydroxylation sites is 1. The number of benzene rings is 1. The van der Waals surface area contributed by atoms with Gasteiger partial charge in [-0.2, -0.15) is 0 Å². The summed E-state index contributed by atoms with van der Waals surface area (Å²) in [7, 11) is 0. The Bertz CT molecular complexity index is 414. The van der Waals surface area contributed by atoms with Gasteiger partial charge in [0, 0.05) is 0 Å². The van der Waals surface area contributed by atoms with Crippen molar-refractivity contribution in [2.75, 3.05) is 0 Å². The molecule has 4 heteroatoms. The minimum atomic E-state index is -0.416. The molecule has 1 unspecified atom stereocenters. The van der Waals surface area contributed by atoms with Crippen LogP contribution in [0, 0.1) is 0 Å². The molecule has 1 saturated carbocycles. The number of nitrogens with two attached hydrogens (primary N) is 1. The Kier molecular flexibility index (Phi) is 3.52. The first kappa shape index (κ1) is 11.8. The molecule has 0 aromatic heterocycles. The van der Waals surface area contributed by atoms with E-state index in [9.17, 15) is 0 Å². The van der Waals surface area contributed by atoms with Crippen LogP contribution in [0.1, 0.15) is 37.7 Å². The molecule has 0 heterocycles. The Balaban J connectivity index is 2.14. The molecule has 0 amide bonds. The van der Waals surface area contributed by atoms with Gasteiger partial charge in [0.25, 0.3) is 0 Å². The van der Waals surface area contributed by atoms with Crippen molar-refractivity contribution in [1.29, 1.82) is 0 Å². The van der Waals surface area contributed by atoms with Crippen LogP contribution in [0.2, 0.25) is 0 Å². The zero-order valence-corrected chi connectivity index (χ0v) is 9.97. The van der Waals surface area contributed by atoms with Crippen molar-refractivity contribution in [1.82, 2.24) is 0 Å². The van der Waals surface area contributed by atoms with Gasteiger partial charge < -0.3 is 15.7 Å². The van der Waals surface area contributed by atoms with Crippen molar-refractivity contribution in [2.24, 2.45) is 10.9 Å². The minimum absolute atomic E-state index is 0.0911. The van der Waals surface area contributed by atoms with E-state index in [2.05, 4.69) is 11.2 Å². The van der Waals surface area contributed by atoms with E-state index >= 15 is 0 Å². The van der Waals surface area contributed by atoms with Crippen LogP contribution < -0.4 is 10.5 Å². The van der Waals surface area contributed by atoms with Gasteiger partial charge in [0.1, 0.15) is 5.75 Å². The van der Waals surface area contributed by atoms with Crippen molar-refractivity contribution < 1.29 is 9.94 Å². The zero-order chi connectivity index (χ0) is 12.3. The van der Waals surface area contributed by atoms with Crippen LogP contribution >= 0.6 is 0 Å². The molecule has 4 nitrogen and oxygen atoms in total. The molecule has 2 rings (SSSR count). The fourth-order valence-corrected chi connectivity index (χ4v) is 1.98. The maximum absolute atomic E-state index is 8.60. The van der Waals surface area contributed by atoms with E-state index < -0.39 is 6.10 Å². The number of nitrogens with zero attached hydrogens (tertiary/aromatic N) is 1. The molecule has 1 aromatic carbocycles. The van der Waals surface area contributed by atoms with E-state index in [4.69, 9.17) is 15.7 Å². The summed E-state index contributed by atoms with van der Waals surface area (Å²) >= 11 is 0. The van der Waals surface area contributed by atoms with Crippen LogP contribution in [0.25, 0.3) is 0 Å². The lowest BCUT2D eigenvalue weighted by molar-refractivity contribution is 0.259. The Morgan fingerprint density at radius 3 is 2.76 bits per heavy atom. The summed E-state index contributed by atoms with van der Waals surface area (Å²) in [5, 5.41) is 11.6. The molecule has 17 heavy (non-hydrogen) atoms. The number of rotatable bonds is 4. The molecule has 1 atom stereocenters. The summed E-state index contributed by atoms with van der Waals surface area (Å²) in [5.74, 6) is 1.54. The fraction of sp³-hybridized carbons (Fsp3) is 0.462. The molecule has 0 spiro atoms. The second-order valence-corrected chi connectivity index (χ2v) is 4.45. The first-order valence-corrected chi connectivity index (χ1v) is 5.95. The van der Waals surface area contributed by atoms with Crippen LogP contribution in [0.3, 0.4) is 0 Å². The molecule has 0 radical (unpaired) electrons. The van der Waals surface area contributed by atoms with Gasteiger partial charge in [-0.1, -0.05) is 29.8 Å². The second kappa shape index (κ2) is 5.08. The second-order valence-electron chi connectivity index (χ2n) is 4.45. The predicted molar refractivity (Wildman–Crippen MR) is 66.5 cm³/mol. The van der Waals surface area contributed by atoms with Gasteiger partial charge in [-0.15, -0.1) is 0 Å². The Morgan fingerprint density at radius 2 is 2.18 bits per heavy atom. The summed E-state index contributed by atoms with van der Waals surface area (Å²) in [4.78, 5) is 0. The number of ether oxygens (including phenoxy) is 1. The lowest BCUT2D eigenvalue weighted by atomic mass is 9.80. The third-order valence-corrected chi connectivity index (χ3v) is 3.30. The van der Waals surface area contributed by atoms with Gasteiger partial charge in [0.15, 0.2) is 11.9 Å². The van der Waals surface area contributed by atoms with Crippen LogP contribution in [0.5, 0.6) is 5.75 Å². The molecular weight excluding hydrogens is 216 g/mol. The average molecular weight is 234 g/mol. The third-order valence-electron chi connectivity index (χ3n) is 3.30. The van der Waals surface area contributed by atoms with Gasteiger partial charge in [0.05, 0.1) is 0 Å². The number of oxime groups is 1. The monoisotopic (exact) mass is 234 g/mol. The summed E-state index contributed by atoms with van der Waals surface area (Å²) in [6.07, 6.45) is 3.31. The zero-order valence-electron chi connectivity index (χ0n) is 9.97. The SMILES string of the molecule is CC(Oc1ccccc1C1CCC1)/C(N)=N/O. The van der Waals surface area contributed by atoms with Crippen molar-refractivity contribution in [2.45, 2.75) is 38.2 Å². The molecule has 0 bridgehead atoms. The molecular formula is C13H18N2O2. The normalized spacial score (nSPS) is 18.5. The highest BCUT2D eigenvalue weighted by Gasteiger charge is 2.23. The molecule has 1 aliphatic carbocycles. The molecule has 1 fully saturated rings. The average Bonchev–Trinajstić information content (AvgIpc) is 2.28. The highest BCUT2D eigenvalue weighted by Crippen LogP contribution is 2.40. The summed E-state index contributed by atoms with van der Waals surface area (Å²) in [5.41, 5.74) is 6.74. The van der Waals surface area contributed by atoms with Crippen LogP contribution in [0.15, 0.2) is 29.4 Å². The summed E-state index contributed by atoms with van der Waals surface area (Å²) < 4.78 is 5.74. The topological polar surface area (TPSA) is 67.8 Å². The highest BCUT2D eigenvalue weighted by molar-refractivity contribution is 5.84. The largest absolute Gasteiger partial charge is 0.482 e. The third kappa shape index (κ3) is 2.52. The van der Waals surface area contributed by atoms with Gasteiger partial charge in [0.2, 0.25) is 0 Å². The molecule has 92 valence electrons. The van der Waals surface area contributed by atoms with Crippen molar-refractivity contribution in [3.63, 3.8) is 0 Å². The van der Waals surface area contributed by atoms with Crippen LogP contribution in [-0.4, -0.2) is 17.1 Å². The Labute approximate surface area is 101 Å². The first-order chi connectivity index (χ1) is 8.22. The van der Waals surface area contributed by atoms with E-state index in [1.165, 1.54) is 24.8 Å². The Morgan fingerprint density at radius 1 is 1.47 bits per heavy atom. The van der Waals surface area contributed by atoms with Gasteiger partial charge in [-0.05, 0) is 37.3 Å². The summed E-state index contributed by atoms with van der Waals surface area (Å²) in [6.45, 7) is 1.77. The number of amidine groups is 1. The van der Waals surface area contributed by atoms with Crippen LogP contribution in [0.4, 0.5) is 0 Å². The molecule has 0 saturated heterocycles. The fourth-order valence-electron chi connectivity index (χ4n) is 1.98. The standard InChI is InChI=1S/C13H18N2O2/c1-9(13(14)15-16)17-12-8-3-2-7-11(12)10-5-4-6-10/h2-3,7-10,16H,4-6H2,1H3,(H2,14,15). The van der Waals surface area contributed by atoms with Gasteiger partial charge >= 0.3 is 0 Å². The number of hydrogen-bond acceptors (Lipinski definition) is 3. The summed E-state index contributed by atoms with van der Waals surface area (Å²) in [6, 6.07) is 8.00. The number of hydrogen-bond donors (Lipinski definition) is 2. The van der Waals surface area contributed by atoms with E-state index in [1.807, 2.05) is 18.2 Å². The maximum Gasteiger partial charge on any atom is 0.180 e. The predicted octanol–water partition coefficient (Wildman–Crippen LogP) is 2.47. The quantitative estimate of drug-likeness (QED) is 0.364. The van der Waals surface area contributed by atoms with E-state index in [0.717, 1.165) is 5.75 Å². The maximum atomic E-state index is 8.60. The lowest BCUT2D eigenvalue weighted by Gasteiger charge is -2.28. The molecule has 1 aromatic rings. The first-order valence-electron chi connectivity index (χ1n) is 5.95.